The van der Waals surface area contributed by atoms with Crippen LogP contribution in [0.15, 0.2) is 18.2 Å². The minimum atomic E-state index is -0.360. The Kier molecular flexibility index (Phi) is 3.17. The van der Waals surface area contributed by atoms with E-state index in [0.717, 1.165) is 19.3 Å². The highest BCUT2D eigenvalue weighted by molar-refractivity contribution is 5.98. The second kappa shape index (κ2) is 4.71. The Labute approximate surface area is 113 Å². The third-order valence-electron chi connectivity index (χ3n) is 4.59. The molecule has 1 spiro atoms. The van der Waals surface area contributed by atoms with Gasteiger partial charge in [0.1, 0.15) is 5.82 Å². The van der Waals surface area contributed by atoms with Crippen molar-refractivity contribution in [1.82, 2.24) is 0 Å². The van der Waals surface area contributed by atoms with E-state index in [1.165, 1.54) is 6.42 Å². The number of Topliss-reactive ketones (excluding diaryl/α,β-unsaturated/α-hetero) is 1. The van der Waals surface area contributed by atoms with Gasteiger partial charge in [-0.05, 0) is 50.7 Å². The SMILES string of the molecule is Cc1cccc(C(=O)C2CCOC3(CCC3)C2)c1F. The number of carbonyl (C=O) groups excluding carboxylic acids is 1. The first-order chi connectivity index (χ1) is 9.11. The largest absolute Gasteiger partial charge is 0.375 e. The number of ether oxygens (including phenoxy) is 1. The zero-order valence-corrected chi connectivity index (χ0v) is 11.2. The summed E-state index contributed by atoms with van der Waals surface area (Å²) in [6, 6.07) is 5.06. The molecular weight excluding hydrogens is 243 g/mol. The van der Waals surface area contributed by atoms with Crippen molar-refractivity contribution in [3.63, 3.8) is 0 Å². The predicted octanol–water partition coefficient (Wildman–Crippen LogP) is 3.67. The van der Waals surface area contributed by atoms with Crippen LogP contribution in [0, 0.1) is 18.7 Å². The van der Waals surface area contributed by atoms with Gasteiger partial charge >= 0.3 is 0 Å². The molecule has 0 bridgehead atoms. The van der Waals surface area contributed by atoms with Crippen molar-refractivity contribution in [2.24, 2.45) is 5.92 Å². The Morgan fingerprint density at radius 3 is 2.89 bits per heavy atom. The standard InChI is InChI=1S/C16H19FO2/c1-11-4-2-5-13(14(11)17)15(18)12-6-9-19-16(10-12)7-3-8-16/h2,4-5,12H,3,6-10H2,1H3. The molecule has 1 aliphatic heterocycles. The fourth-order valence-corrected chi connectivity index (χ4v) is 3.23. The van der Waals surface area contributed by atoms with Crippen LogP contribution in [0.2, 0.25) is 0 Å². The lowest BCUT2D eigenvalue weighted by Gasteiger charge is -2.46. The lowest BCUT2D eigenvalue weighted by molar-refractivity contribution is -0.137. The van der Waals surface area contributed by atoms with E-state index in [1.807, 2.05) is 0 Å². The summed E-state index contributed by atoms with van der Waals surface area (Å²) in [5.74, 6) is -0.484. The Morgan fingerprint density at radius 1 is 1.42 bits per heavy atom. The quantitative estimate of drug-likeness (QED) is 0.760. The Hall–Kier alpha value is -1.22. The molecule has 0 aromatic heterocycles. The average Bonchev–Trinajstić information content (AvgIpc) is 2.39. The molecule has 3 rings (SSSR count). The molecule has 0 N–H and O–H groups in total. The number of halogens is 1. The van der Waals surface area contributed by atoms with Crippen LogP contribution in [0.1, 0.15) is 48.0 Å². The number of carbonyl (C=O) groups is 1. The number of hydrogen-bond acceptors (Lipinski definition) is 2. The highest BCUT2D eigenvalue weighted by atomic mass is 19.1. The maximum absolute atomic E-state index is 14.0. The molecule has 1 saturated carbocycles. The van der Waals surface area contributed by atoms with E-state index in [4.69, 9.17) is 4.74 Å². The van der Waals surface area contributed by atoms with Gasteiger partial charge in [-0.15, -0.1) is 0 Å². The highest BCUT2D eigenvalue weighted by Gasteiger charge is 2.44. The second-order valence-corrected chi connectivity index (χ2v) is 5.88. The first kappa shape index (κ1) is 12.8. The van der Waals surface area contributed by atoms with Crippen LogP contribution in [0.5, 0.6) is 0 Å². The van der Waals surface area contributed by atoms with Crippen LogP contribution in [0.4, 0.5) is 4.39 Å². The lowest BCUT2D eigenvalue weighted by Crippen LogP contribution is -2.47. The van der Waals surface area contributed by atoms with Gasteiger partial charge in [0.2, 0.25) is 0 Å². The minimum absolute atomic E-state index is 0.0456. The average molecular weight is 262 g/mol. The van der Waals surface area contributed by atoms with Crippen molar-refractivity contribution in [3.8, 4) is 0 Å². The lowest BCUT2D eigenvalue weighted by atomic mass is 9.70. The van der Waals surface area contributed by atoms with E-state index in [2.05, 4.69) is 0 Å². The van der Waals surface area contributed by atoms with Gasteiger partial charge in [-0.25, -0.2) is 4.39 Å². The van der Waals surface area contributed by atoms with Crippen LogP contribution in [0.3, 0.4) is 0 Å². The molecule has 2 nitrogen and oxygen atoms in total. The Morgan fingerprint density at radius 2 is 2.21 bits per heavy atom. The maximum Gasteiger partial charge on any atom is 0.169 e. The summed E-state index contributed by atoms with van der Waals surface area (Å²) in [4.78, 5) is 12.5. The van der Waals surface area contributed by atoms with Gasteiger partial charge in [-0.1, -0.05) is 12.1 Å². The predicted molar refractivity (Wildman–Crippen MR) is 70.7 cm³/mol. The van der Waals surface area contributed by atoms with Crippen LogP contribution in [-0.4, -0.2) is 18.0 Å². The van der Waals surface area contributed by atoms with Gasteiger partial charge in [0.05, 0.1) is 11.2 Å². The van der Waals surface area contributed by atoms with Crippen molar-refractivity contribution < 1.29 is 13.9 Å². The first-order valence-electron chi connectivity index (χ1n) is 7.05. The van der Waals surface area contributed by atoms with Gasteiger partial charge in [0, 0.05) is 12.5 Å². The topological polar surface area (TPSA) is 26.3 Å². The fourth-order valence-electron chi connectivity index (χ4n) is 3.23. The van der Waals surface area contributed by atoms with Gasteiger partial charge in [-0.3, -0.25) is 4.79 Å². The molecule has 2 aliphatic rings. The molecular formula is C16H19FO2. The monoisotopic (exact) mass is 262 g/mol. The molecule has 1 saturated heterocycles. The molecule has 1 aliphatic carbocycles. The van der Waals surface area contributed by atoms with Crippen LogP contribution in [-0.2, 0) is 4.74 Å². The summed E-state index contributed by atoms with van der Waals surface area (Å²) in [6.07, 6.45) is 4.76. The van der Waals surface area contributed by atoms with E-state index in [-0.39, 0.29) is 28.7 Å². The Balaban J connectivity index is 1.81. The zero-order valence-electron chi connectivity index (χ0n) is 11.2. The molecule has 2 fully saturated rings. The minimum Gasteiger partial charge on any atom is -0.375 e. The summed E-state index contributed by atoms with van der Waals surface area (Å²) in [5.41, 5.74) is 0.719. The molecule has 3 heteroatoms. The first-order valence-corrected chi connectivity index (χ1v) is 7.05. The molecule has 0 amide bonds. The Bertz CT molecular complexity index is 505. The molecule has 0 radical (unpaired) electrons. The third kappa shape index (κ3) is 2.20. The highest BCUT2D eigenvalue weighted by Crippen LogP contribution is 2.45. The zero-order chi connectivity index (χ0) is 13.5. The smallest absolute Gasteiger partial charge is 0.169 e. The fraction of sp³-hybridized carbons (Fsp3) is 0.562. The summed E-state index contributed by atoms with van der Waals surface area (Å²) in [5, 5.41) is 0. The summed E-state index contributed by atoms with van der Waals surface area (Å²) in [6.45, 7) is 2.33. The molecule has 19 heavy (non-hydrogen) atoms. The van der Waals surface area contributed by atoms with Crippen molar-refractivity contribution in [2.75, 3.05) is 6.61 Å². The van der Waals surface area contributed by atoms with Gasteiger partial charge in [-0.2, -0.15) is 0 Å². The molecule has 1 aromatic carbocycles. The molecule has 1 aromatic rings. The number of rotatable bonds is 2. The van der Waals surface area contributed by atoms with Crippen molar-refractivity contribution in [3.05, 3.63) is 35.1 Å². The maximum atomic E-state index is 14.0. The molecule has 102 valence electrons. The molecule has 1 heterocycles. The second-order valence-electron chi connectivity index (χ2n) is 5.88. The van der Waals surface area contributed by atoms with Crippen LogP contribution >= 0.6 is 0 Å². The summed E-state index contributed by atoms with van der Waals surface area (Å²) in [7, 11) is 0. The number of hydrogen-bond donors (Lipinski definition) is 0. The number of aryl methyl sites for hydroxylation is 1. The van der Waals surface area contributed by atoms with E-state index < -0.39 is 0 Å². The van der Waals surface area contributed by atoms with E-state index in [0.29, 0.717) is 18.6 Å². The van der Waals surface area contributed by atoms with Crippen molar-refractivity contribution in [1.29, 1.82) is 0 Å². The van der Waals surface area contributed by atoms with Crippen molar-refractivity contribution in [2.45, 2.75) is 44.6 Å². The molecule has 1 unspecified atom stereocenters. The van der Waals surface area contributed by atoms with Gasteiger partial charge in [0.25, 0.3) is 0 Å². The summed E-state index contributed by atoms with van der Waals surface area (Å²) < 4.78 is 19.9. The molecule has 1 atom stereocenters. The van der Waals surface area contributed by atoms with E-state index in [9.17, 15) is 9.18 Å². The number of ketones is 1. The third-order valence-corrected chi connectivity index (χ3v) is 4.59. The summed E-state index contributed by atoms with van der Waals surface area (Å²) >= 11 is 0. The van der Waals surface area contributed by atoms with Crippen LogP contribution in [0.25, 0.3) is 0 Å². The van der Waals surface area contributed by atoms with Gasteiger partial charge in [0.15, 0.2) is 5.78 Å². The van der Waals surface area contributed by atoms with E-state index >= 15 is 0 Å². The van der Waals surface area contributed by atoms with E-state index in [1.54, 1.807) is 25.1 Å². The normalized spacial score (nSPS) is 25.1. The van der Waals surface area contributed by atoms with Crippen LogP contribution < -0.4 is 0 Å². The number of benzene rings is 1. The van der Waals surface area contributed by atoms with Crippen molar-refractivity contribution >= 4 is 5.78 Å². The van der Waals surface area contributed by atoms with Gasteiger partial charge < -0.3 is 4.74 Å².